The van der Waals surface area contributed by atoms with Crippen LogP contribution in [0.15, 0.2) is 24.3 Å². The number of hydrogen-bond donors (Lipinski definition) is 1. The van der Waals surface area contributed by atoms with Crippen molar-refractivity contribution in [1.29, 1.82) is 0 Å². The normalized spacial score (nSPS) is 13.4. The van der Waals surface area contributed by atoms with Crippen molar-refractivity contribution in [3.05, 3.63) is 34.9 Å². The molecule has 2 unspecified atom stereocenters. The van der Waals surface area contributed by atoms with E-state index in [2.05, 4.69) is 0 Å². The number of aliphatic hydroxyl groups is 1. The first-order chi connectivity index (χ1) is 16.2. The minimum absolute atomic E-state index is 0.0123. The quantitative estimate of drug-likeness (QED) is 0.118. The van der Waals surface area contributed by atoms with Crippen molar-refractivity contribution in [2.75, 3.05) is 19.8 Å². The fourth-order valence-corrected chi connectivity index (χ4v) is 3.15. The van der Waals surface area contributed by atoms with Gasteiger partial charge in [0.15, 0.2) is 17.3 Å². The third-order valence-electron chi connectivity index (χ3n) is 5.11. The SMILES string of the molecule is CCCCOC(=O)CC(O)(C(=O)OCCCC)C(C(=O)OCCCC)C(=O)c1ccc(Cl)cc1. The maximum absolute atomic E-state index is 13.4. The van der Waals surface area contributed by atoms with Crippen molar-refractivity contribution >= 4 is 35.3 Å². The Hall–Kier alpha value is -2.45. The van der Waals surface area contributed by atoms with E-state index in [0.717, 1.165) is 12.8 Å². The van der Waals surface area contributed by atoms with Crippen LogP contribution in [-0.4, -0.2) is 54.2 Å². The molecule has 0 aliphatic rings. The second-order valence-electron chi connectivity index (χ2n) is 7.99. The zero-order valence-corrected chi connectivity index (χ0v) is 20.9. The van der Waals surface area contributed by atoms with Crippen molar-refractivity contribution < 1.29 is 38.5 Å². The van der Waals surface area contributed by atoms with E-state index in [4.69, 9.17) is 25.8 Å². The minimum Gasteiger partial charge on any atom is -0.466 e. The molecule has 0 spiro atoms. The van der Waals surface area contributed by atoms with E-state index in [0.29, 0.717) is 30.7 Å². The van der Waals surface area contributed by atoms with Crippen molar-refractivity contribution in [3.63, 3.8) is 0 Å². The third-order valence-corrected chi connectivity index (χ3v) is 5.36. The fourth-order valence-electron chi connectivity index (χ4n) is 3.03. The lowest BCUT2D eigenvalue weighted by Gasteiger charge is -2.31. The number of ketones is 1. The standard InChI is InChI=1S/C25H35ClO8/c1-4-7-14-32-20(27)17-25(31,24(30)34-16-9-6-3)21(23(29)33-15-8-5-2)22(28)18-10-12-19(26)13-11-18/h10-13,21,31H,4-9,14-17H2,1-3H3. The summed E-state index contributed by atoms with van der Waals surface area (Å²) in [5, 5.41) is 11.8. The molecule has 0 saturated carbocycles. The van der Waals surface area contributed by atoms with Gasteiger partial charge < -0.3 is 19.3 Å². The molecule has 8 nitrogen and oxygen atoms in total. The van der Waals surface area contributed by atoms with E-state index in [1.54, 1.807) is 0 Å². The zero-order valence-electron chi connectivity index (χ0n) is 20.1. The van der Waals surface area contributed by atoms with Crippen LogP contribution in [-0.2, 0) is 28.6 Å². The average molecular weight is 499 g/mol. The van der Waals surface area contributed by atoms with Gasteiger partial charge in [-0.25, -0.2) is 4.79 Å². The molecule has 0 heterocycles. The molecule has 1 aromatic carbocycles. The lowest BCUT2D eigenvalue weighted by atomic mass is 9.79. The number of unbranched alkanes of at least 4 members (excludes halogenated alkanes) is 3. The highest BCUT2D eigenvalue weighted by Crippen LogP contribution is 2.30. The molecule has 1 rings (SSSR count). The Bertz CT molecular complexity index is 808. The molecule has 34 heavy (non-hydrogen) atoms. The first-order valence-electron chi connectivity index (χ1n) is 11.7. The van der Waals surface area contributed by atoms with Gasteiger partial charge in [-0.05, 0) is 43.5 Å². The Morgan fingerprint density at radius 2 is 1.35 bits per heavy atom. The summed E-state index contributed by atoms with van der Waals surface area (Å²) in [7, 11) is 0. The summed E-state index contributed by atoms with van der Waals surface area (Å²) < 4.78 is 15.5. The number of halogens is 1. The molecule has 1 aromatic rings. The van der Waals surface area contributed by atoms with Crippen molar-refractivity contribution in [1.82, 2.24) is 0 Å². The van der Waals surface area contributed by atoms with Crippen LogP contribution in [0.1, 0.15) is 76.1 Å². The largest absolute Gasteiger partial charge is 0.466 e. The lowest BCUT2D eigenvalue weighted by molar-refractivity contribution is -0.183. The number of esters is 3. The second kappa shape index (κ2) is 15.5. The van der Waals surface area contributed by atoms with Crippen molar-refractivity contribution in [3.8, 4) is 0 Å². The fraction of sp³-hybridized carbons (Fsp3) is 0.600. The molecule has 0 aliphatic carbocycles. The predicted octanol–water partition coefficient (Wildman–Crippen LogP) is 4.29. The molecule has 0 radical (unpaired) electrons. The smallest absolute Gasteiger partial charge is 0.340 e. The first-order valence-corrected chi connectivity index (χ1v) is 12.1. The molecule has 0 bridgehead atoms. The minimum atomic E-state index is -2.81. The Morgan fingerprint density at radius 1 is 0.853 bits per heavy atom. The topological polar surface area (TPSA) is 116 Å². The van der Waals surface area contributed by atoms with E-state index in [-0.39, 0.29) is 25.4 Å². The number of rotatable bonds is 16. The van der Waals surface area contributed by atoms with Crippen LogP contribution in [0.25, 0.3) is 0 Å². The van der Waals surface area contributed by atoms with Gasteiger partial charge in [0, 0.05) is 10.6 Å². The number of Topliss-reactive ketones (excluding diaryl/α,β-unsaturated/α-hetero) is 1. The maximum Gasteiger partial charge on any atom is 0.340 e. The molecular formula is C25H35ClO8. The van der Waals surface area contributed by atoms with Gasteiger partial charge in [0.1, 0.15) is 0 Å². The predicted molar refractivity (Wildman–Crippen MR) is 126 cm³/mol. The van der Waals surface area contributed by atoms with Crippen LogP contribution in [0.4, 0.5) is 0 Å². The average Bonchev–Trinajstić information content (AvgIpc) is 2.80. The van der Waals surface area contributed by atoms with E-state index in [1.807, 2.05) is 20.8 Å². The maximum atomic E-state index is 13.4. The summed E-state index contributed by atoms with van der Waals surface area (Å²) >= 11 is 5.90. The van der Waals surface area contributed by atoms with Crippen LogP contribution in [0.2, 0.25) is 5.02 Å². The van der Waals surface area contributed by atoms with Gasteiger partial charge in [0.05, 0.1) is 26.2 Å². The Labute approximate surface area is 205 Å². The van der Waals surface area contributed by atoms with Gasteiger partial charge >= 0.3 is 17.9 Å². The molecule has 0 fully saturated rings. The second-order valence-corrected chi connectivity index (χ2v) is 8.43. The van der Waals surface area contributed by atoms with Gasteiger partial charge in [0.2, 0.25) is 0 Å². The van der Waals surface area contributed by atoms with Crippen LogP contribution in [0, 0.1) is 5.92 Å². The molecule has 0 saturated heterocycles. The highest BCUT2D eigenvalue weighted by molar-refractivity contribution is 6.30. The Balaban J connectivity index is 3.39. The van der Waals surface area contributed by atoms with Crippen LogP contribution in [0.3, 0.4) is 0 Å². The van der Waals surface area contributed by atoms with E-state index < -0.39 is 41.6 Å². The number of hydrogen-bond acceptors (Lipinski definition) is 8. The van der Waals surface area contributed by atoms with Gasteiger partial charge in [-0.3, -0.25) is 14.4 Å². The Kier molecular flexibility index (Phi) is 13.4. The van der Waals surface area contributed by atoms with Gasteiger partial charge in [0.25, 0.3) is 0 Å². The van der Waals surface area contributed by atoms with Crippen LogP contribution >= 0.6 is 11.6 Å². The summed E-state index contributed by atoms with van der Waals surface area (Å²) in [6, 6.07) is 5.59. The van der Waals surface area contributed by atoms with Crippen LogP contribution < -0.4 is 0 Å². The number of benzene rings is 1. The molecule has 190 valence electrons. The van der Waals surface area contributed by atoms with Crippen LogP contribution in [0.5, 0.6) is 0 Å². The third kappa shape index (κ3) is 9.06. The summed E-state index contributed by atoms with van der Waals surface area (Å²) in [5.41, 5.74) is -2.79. The highest BCUT2D eigenvalue weighted by atomic mass is 35.5. The molecule has 0 aliphatic heterocycles. The first kappa shape index (κ1) is 29.6. The zero-order chi connectivity index (χ0) is 25.6. The molecule has 9 heteroatoms. The number of ether oxygens (including phenoxy) is 3. The van der Waals surface area contributed by atoms with Gasteiger partial charge in [-0.2, -0.15) is 0 Å². The summed E-state index contributed by atoms with van der Waals surface area (Å²) in [6.45, 7) is 5.69. The van der Waals surface area contributed by atoms with Crippen molar-refractivity contribution in [2.45, 2.75) is 71.3 Å². The molecule has 0 amide bonds. The molecule has 0 aromatic heterocycles. The van der Waals surface area contributed by atoms with E-state index in [9.17, 15) is 24.3 Å². The molecule has 2 atom stereocenters. The van der Waals surface area contributed by atoms with E-state index in [1.165, 1.54) is 24.3 Å². The lowest BCUT2D eigenvalue weighted by Crippen LogP contribution is -2.55. The number of carbonyl (C=O) groups excluding carboxylic acids is 4. The summed E-state index contributed by atoms with van der Waals surface area (Å²) in [4.78, 5) is 51.9. The summed E-state index contributed by atoms with van der Waals surface area (Å²) in [6.07, 6.45) is 2.85. The van der Waals surface area contributed by atoms with Gasteiger partial charge in [-0.15, -0.1) is 0 Å². The summed E-state index contributed by atoms with van der Waals surface area (Å²) in [5.74, 6) is -6.23. The van der Waals surface area contributed by atoms with E-state index >= 15 is 0 Å². The number of carbonyl (C=O) groups is 4. The van der Waals surface area contributed by atoms with Gasteiger partial charge in [-0.1, -0.05) is 51.6 Å². The monoisotopic (exact) mass is 498 g/mol. The molecule has 1 N–H and O–H groups in total. The molecular weight excluding hydrogens is 464 g/mol. The highest BCUT2D eigenvalue weighted by Gasteiger charge is 2.55. The van der Waals surface area contributed by atoms with Crippen molar-refractivity contribution in [2.24, 2.45) is 5.92 Å². The Morgan fingerprint density at radius 3 is 1.88 bits per heavy atom.